The third kappa shape index (κ3) is 2.80. The van der Waals surface area contributed by atoms with E-state index < -0.39 is 0 Å². The molecule has 0 unspecified atom stereocenters. The van der Waals surface area contributed by atoms with Crippen LogP contribution < -0.4 is 9.47 Å². The first-order valence-electron chi connectivity index (χ1n) is 7.36. The van der Waals surface area contributed by atoms with E-state index in [0.717, 1.165) is 16.7 Å². The Labute approximate surface area is 135 Å². The minimum absolute atomic E-state index is 0.0339. The summed E-state index contributed by atoms with van der Waals surface area (Å²) in [5.74, 6) is 1.07. The zero-order chi connectivity index (χ0) is 16.6. The van der Waals surface area contributed by atoms with Crippen molar-refractivity contribution < 1.29 is 19.4 Å². The summed E-state index contributed by atoms with van der Waals surface area (Å²) in [6, 6.07) is 8.87. The summed E-state index contributed by atoms with van der Waals surface area (Å²) in [5.41, 5.74) is 3.88. The molecular formula is C19H18O4. The van der Waals surface area contributed by atoms with Crippen LogP contribution in [0.3, 0.4) is 0 Å². The smallest absolute Gasteiger partial charge is 0.196 e. The molecule has 0 saturated carbocycles. The van der Waals surface area contributed by atoms with Gasteiger partial charge in [-0.3, -0.25) is 4.79 Å². The van der Waals surface area contributed by atoms with Crippen molar-refractivity contribution in [3.8, 4) is 17.2 Å². The molecule has 0 spiro atoms. The zero-order valence-electron chi connectivity index (χ0n) is 13.3. The van der Waals surface area contributed by atoms with Crippen molar-refractivity contribution in [2.45, 2.75) is 13.8 Å². The summed E-state index contributed by atoms with van der Waals surface area (Å²) in [5, 5.41) is 9.85. The largest absolute Gasteiger partial charge is 0.504 e. The molecule has 1 aliphatic heterocycles. The molecule has 118 valence electrons. The molecule has 23 heavy (non-hydrogen) atoms. The van der Waals surface area contributed by atoms with Crippen LogP contribution in [-0.2, 0) is 0 Å². The summed E-state index contributed by atoms with van der Waals surface area (Å²) < 4.78 is 10.8. The van der Waals surface area contributed by atoms with Crippen LogP contribution in [0.4, 0.5) is 0 Å². The average molecular weight is 310 g/mol. The fraction of sp³-hybridized carbons (Fsp3) is 0.211. The number of Topliss-reactive ketones (excluding diaryl/α,β-unsaturated/α-hetero) is 1. The minimum Gasteiger partial charge on any atom is -0.504 e. The molecule has 0 saturated heterocycles. The molecule has 4 heteroatoms. The predicted molar refractivity (Wildman–Crippen MR) is 88.4 cm³/mol. The van der Waals surface area contributed by atoms with E-state index in [1.807, 2.05) is 26.0 Å². The lowest BCUT2D eigenvalue weighted by Gasteiger charge is -2.21. The van der Waals surface area contributed by atoms with Crippen molar-refractivity contribution in [3.63, 3.8) is 0 Å². The first-order valence-corrected chi connectivity index (χ1v) is 7.36. The molecule has 3 rings (SSSR count). The number of hydrogen-bond donors (Lipinski definition) is 1. The number of carbonyl (C=O) groups excluding carboxylic acids is 1. The van der Waals surface area contributed by atoms with Crippen LogP contribution >= 0.6 is 0 Å². The lowest BCUT2D eigenvalue weighted by atomic mass is 9.95. The van der Waals surface area contributed by atoms with Gasteiger partial charge in [-0.15, -0.1) is 0 Å². The number of benzene rings is 2. The summed E-state index contributed by atoms with van der Waals surface area (Å²) >= 11 is 0. The van der Waals surface area contributed by atoms with Gasteiger partial charge in [0.05, 0.1) is 12.7 Å². The third-order valence-electron chi connectivity index (χ3n) is 3.87. The molecule has 0 radical (unpaired) electrons. The minimum atomic E-state index is -0.0339. The van der Waals surface area contributed by atoms with E-state index in [2.05, 4.69) is 0 Å². The Kier molecular flexibility index (Phi) is 3.82. The highest BCUT2D eigenvalue weighted by Gasteiger charge is 2.25. The predicted octanol–water partition coefficient (Wildman–Crippen LogP) is 3.68. The van der Waals surface area contributed by atoms with Gasteiger partial charge in [0, 0.05) is 5.57 Å². The van der Waals surface area contributed by atoms with Crippen LogP contribution in [0, 0.1) is 13.8 Å². The van der Waals surface area contributed by atoms with Gasteiger partial charge in [-0.05, 0) is 54.8 Å². The Morgan fingerprint density at radius 2 is 2.00 bits per heavy atom. The molecule has 0 aromatic heterocycles. The molecular weight excluding hydrogens is 292 g/mol. The number of ether oxygens (including phenoxy) is 2. The number of carbonyl (C=O) groups is 1. The maximum atomic E-state index is 12.7. The molecule has 0 amide bonds. The lowest BCUT2D eigenvalue weighted by molar-refractivity contribution is 0.100. The van der Waals surface area contributed by atoms with Gasteiger partial charge in [-0.1, -0.05) is 12.1 Å². The number of phenolic OH excluding ortho intramolecular Hbond substituents is 1. The van der Waals surface area contributed by atoms with E-state index in [1.165, 1.54) is 7.11 Å². The quantitative estimate of drug-likeness (QED) is 0.860. The van der Waals surface area contributed by atoms with Crippen LogP contribution in [-0.4, -0.2) is 24.6 Å². The Bertz CT molecular complexity index is 818. The van der Waals surface area contributed by atoms with Gasteiger partial charge in [0.25, 0.3) is 0 Å². The maximum absolute atomic E-state index is 12.7. The van der Waals surface area contributed by atoms with Gasteiger partial charge in [-0.25, -0.2) is 0 Å². The van der Waals surface area contributed by atoms with E-state index >= 15 is 0 Å². The first-order chi connectivity index (χ1) is 11.0. The van der Waals surface area contributed by atoms with Gasteiger partial charge in [0.15, 0.2) is 17.3 Å². The topological polar surface area (TPSA) is 55.8 Å². The molecule has 0 atom stereocenters. The number of aromatic hydroxyl groups is 1. The van der Waals surface area contributed by atoms with E-state index in [4.69, 9.17) is 9.47 Å². The van der Waals surface area contributed by atoms with Crippen molar-refractivity contribution in [2.24, 2.45) is 0 Å². The molecule has 2 aromatic carbocycles. The van der Waals surface area contributed by atoms with Crippen molar-refractivity contribution in [3.05, 3.63) is 58.2 Å². The number of ketones is 1. The average Bonchev–Trinajstić information content (AvgIpc) is 2.51. The molecule has 4 nitrogen and oxygen atoms in total. The molecule has 1 aliphatic rings. The van der Waals surface area contributed by atoms with Crippen LogP contribution in [0.15, 0.2) is 35.9 Å². The van der Waals surface area contributed by atoms with E-state index in [9.17, 15) is 9.90 Å². The zero-order valence-corrected chi connectivity index (χ0v) is 13.3. The number of fused-ring (bicyclic) bond motifs is 1. The SMILES string of the molecule is COc1ccc(/C=C2\COc3c(C)cc(C)cc3C2=O)cc1O. The van der Waals surface area contributed by atoms with Gasteiger partial charge in [0.2, 0.25) is 0 Å². The van der Waals surface area contributed by atoms with E-state index in [-0.39, 0.29) is 18.1 Å². The summed E-state index contributed by atoms with van der Waals surface area (Å²) in [6.45, 7) is 4.12. The van der Waals surface area contributed by atoms with Crippen LogP contribution in [0.25, 0.3) is 6.08 Å². The van der Waals surface area contributed by atoms with Crippen molar-refractivity contribution in [2.75, 3.05) is 13.7 Å². The highest BCUT2D eigenvalue weighted by Crippen LogP contribution is 2.33. The van der Waals surface area contributed by atoms with Crippen molar-refractivity contribution in [1.82, 2.24) is 0 Å². The molecule has 0 aliphatic carbocycles. The molecule has 1 N–H and O–H groups in total. The molecule has 0 fully saturated rings. The molecule has 0 bridgehead atoms. The normalized spacial score (nSPS) is 15.3. The van der Waals surface area contributed by atoms with Gasteiger partial charge >= 0.3 is 0 Å². The standard InChI is InChI=1S/C19H18O4/c1-11-6-12(2)19-15(7-11)18(21)14(10-23-19)8-13-4-5-17(22-3)16(20)9-13/h4-9,20H,10H2,1-3H3/b14-8+. The van der Waals surface area contributed by atoms with Crippen molar-refractivity contribution >= 4 is 11.9 Å². The maximum Gasteiger partial charge on any atom is 0.196 e. The number of methoxy groups -OCH3 is 1. The number of aryl methyl sites for hydroxylation is 2. The van der Waals surface area contributed by atoms with Gasteiger partial charge in [-0.2, -0.15) is 0 Å². The Morgan fingerprint density at radius 1 is 1.22 bits per heavy atom. The number of phenols is 1. The Balaban J connectivity index is 1.99. The van der Waals surface area contributed by atoms with Crippen molar-refractivity contribution in [1.29, 1.82) is 0 Å². The second-order valence-electron chi connectivity index (χ2n) is 5.68. The number of rotatable bonds is 2. The second-order valence-corrected chi connectivity index (χ2v) is 5.68. The fourth-order valence-electron chi connectivity index (χ4n) is 2.81. The van der Waals surface area contributed by atoms with Gasteiger partial charge in [0.1, 0.15) is 12.4 Å². The summed E-state index contributed by atoms with van der Waals surface area (Å²) in [7, 11) is 1.49. The third-order valence-corrected chi connectivity index (χ3v) is 3.87. The highest BCUT2D eigenvalue weighted by molar-refractivity contribution is 6.14. The first kappa shape index (κ1) is 15.2. The lowest BCUT2D eigenvalue weighted by Crippen LogP contribution is -2.20. The van der Waals surface area contributed by atoms with E-state index in [0.29, 0.717) is 22.6 Å². The second kappa shape index (κ2) is 5.80. The monoisotopic (exact) mass is 310 g/mol. The highest BCUT2D eigenvalue weighted by atomic mass is 16.5. The summed E-state index contributed by atoms with van der Waals surface area (Å²) in [6.07, 6.45) is 1.74. The Morgan fingerprint density at radius 3 is 2.70 bits per heavy atom. The van der Waals surface area contributed by atoms with Crippen LogP contribution in [0.1, 0.15) is 27.0 Å². The number of hydrogen-bond acceptors (Lipinski definition) is 4. The fourth-order valence-corrected chi connectivity index (χ4v) is 2.81. The van der Waals surface area contributed by atoms with Gasteiger partial charge < -0.3 is 14.6 Å². The molecule has 1 heterocycles. The van der Waals surface area contributed by atoms with Crippen LogP contribution in [0.5, 0.6) is 17.2 Å². The summed E-state index contributed by atoms with van der Waals surface area (Å²) in [4.78, 5) is 12.7. The molecule has 2 aromatic rings. The Hall–Kier alpha value is -2.75. The van der Waals surface area contributed by atoms with Crippen LogP contribution in [0.2, 0.25) is 0 Å². The van der Waals surface area contributed by atoms with E-state index in [1.54, 1.807) is 24.3 Å².